The lowest BCUT2D eigenvalue weighted by atomic mass is 10.0. The van der Waals surface area contributed by atoms with Crippen LogP contribution >= 0.6 is 0 Å². The molecule has 2 N–H and O–H groups in total. The molecule has 4 rings (SSSR count). The van der Waals surface area contributed by atoms with Gasteiger partial charge in [-0.25, -0.2) is 13.4 Å². The van der Waals surface area contributed by atoms with Gasteiger partial charge in [-0.2, -0.15) is 0 Å². The van der Waals surface area contributed by atoms with Crippen molar-refractivity contribution in [2.24, 2.45) is 7.05 Å². The van der Waals surface area contributed by atoms with E-state index in [1.54, 1.807) is 55.8 Å². The van der Waals surface area contributed by atoms with E-state index in [0.29, 0.717) is 22.8 Å². The van der Waals surface area contributed by atoms with Crippen molar-refractivity contribution in [3.05, 3.63) is 108 Å². The van der Waals surface area contributed by atoms with Gasteiger partial charge in [0.1, 0.15) is 17.6 Å². The molecule has 1 heterocycles. The average molecular weight is 477 g/mol. The molecule has 0 saturated heterocycles. The second kappa shape index (κ2) is 9.80. The number of carbonyl (C=O) groups excluding carboxylic acids is 1. The molecule has 8 nitrogen and oxygen atoms in total. The minimum atomic E-state index is -3.71. The molecule has 1 aromatic heterocycles. The van der Waals surface area contributed by atoms with Gasteiger partial charge in [0.25, 0.3) is 15.9 Å². The molecule has 4 aromatic rings. The van der Waals surface area contributed by atoms with Crippen molar-refractivity contribution >= 4 is 21.6 Å². The summed E-state index contributed by atoms with van der Waals surface area (Å²) in [7, 11) is -0.260. The Bertz CT molecular complexity index is 1370. The van der Waals surface area contributed by atoms with Gasteiger partial charge in [0.2, 0.25) is 0 Å². The van der Waals surface area contributed by atoms with E-state index in [9.17, 15) is 13.2 Å². The Morgan fingerprint density at radius 2 is 1.65 bits per heavy atom. The number of nitrogens with one attached hydrogen (secondary N) is 2. The smallest absolute Gasteiger partial charge is 0.261 e. The third kappa shape index (κ3) is 5.10. The Hall–Kier alpha value is -4.11. The lowest BCUT2D eigenvalue weighted by Gasteiger charge is -2.19. The number of rotatable bonds is 8. The molecule has 0 aliphatic carbocycles. The van der Waals surface area contributed by atoms with Crippen LogP contribution in [0.1, 0.15) is 27.8 Å². The standard InChI is InChI=1S/C25H24N4O4S/c1-29-17-16-26-24(29)23(18-10-14-21(33-2)15-11-18)27-25(30)19-8-12-20(13-9-19)28-34(31,32)22-6-4-3-5-7-22/h3-17,23,28H,1-2H3,(H,27,30). The Balaban J connectivity index is 1.53. The first kappa shape index (κ1) is 23.1. The predicted octanol–water partition coefficient (Wildman–Crippen LogP) is 3.75. The first-order valence-corrected chi connectivity index (χ1v) is 12.0. The van der Waals surface area contributed by atoms with Gasteiger partial charge in [0, 0.05) is 30.7 Å². The number of hydrogen-bond donors (Lipinski definition) is 2. The number of hydrogen-bond acceptors (Lipinski definition) is 5. The van der Waals surface area contributed by atoms with Crippen LogP contribution in [0.4, 0.5) is 5.69 Å². The van der Waals surface area contributed by atoms with E-state index >= 15 is 0 Å². The van der Waals surface area contributed by atoms with Crippen LogP contribution in [0.25, 0.3) is 0 Å². The van der Waals surface area contributed by atoms with Crippen LogP contribution in [-0.4, -0.2) is 31.0 Å². The van der Waals surface area contributed by atoms with E-state index in [1.165, 1.54) is 12.1 Å². The highest BCUT2D eigenvalue weighted by atomic mass is 32.2. The number of methoxy groups -OCH3 is 1. The molecule has 0 saturated carbocycles. The van der Waals surface area contributed by atoms with E-state index in [4.69, 9.17) is 4.74 Å². The zero-order valence-electron chi connectivity index (χ0n) is 18.7. The lowest BCUT2D eigenvalue weighted by Crippen LogP contribution is -2.31. The number of ether oxygens (including phenoxy) is 1. The number of aromatic nitrogens is 2. The van der Waals surface area contributed by atoms with Crippen LogP contribution in [0, 0.1) is 0 Å². The van der Waals surface area contributed by atoms with Gasteiger partial charge in [0.05, 0.1) is 12.0 Å². The fourth-order valence-corrected chi connectivity index (χ4v) is 4.55. The number of nitrogens with zero attached hydrogens (tertiary/aromatic N) is 2. The van der Waals surface area contributed by atoms with Crippen molar-refractivity contribution in [2.45, 2.75) is 10.9 Å². The highest BCUT2D eigenvalue weighted by molar-refractivity contribution is 7.92. The van der Waals surface area contributed by atoms with Crippen molar-refractivity contribution in [1.82, 2.24) is 14.9 Å². The monoisotopic (exact) mass is 476 g/mol. The minimum Gasteiger partial charge on any atom is -0.497 e. The van der Waals surface area contributed by atoms with Crippen LogP contribution in [0.5, 0.6) is 5.75 Å². The summed E-state index contributed by atoms with van der Waals surface area (Å²) in [6.45, 7) is 0. The van der Waals surface area contributed by atoms with Gasteiger partial charge in [-0.05, 0) is 54.1 Å². The molecule has 34 heavy (non-hydrogen) atoms. The topological polar surface area (TPSA) is 102 Å². The largest absolute Gasteiger partial charge is 0.497 e. The fraction of sp³-hybridized carbons (Fsp3) is 0.120. The number of sulfonamides is 1. The highest BCUT2D eigenvalue weighted by Gasteiger charge is 2.22. The van der Waals surface area contributed by atoms with E-state index in [-0.39, 0.29) is 10.8 Å². The summed E-state index contributed by atoms with van der Waals surface area (Å²) in [6.07, 6.45) is 3.48. The van der Waals surface area contributed by atoms with Crippen molar-refractivity contribution in [1.29, 1.82) is 0 Å². The van der Waals surface area contributed by atoms with E-state index in [0.717, 1.165) is 5.56 Å². The van der Waals surface area contributed by atoms with Gasteiger partial charge in [-0.1, -0.05) is 30.3 Å². The van der Waals surface area contributed by atoms with Gasteiger partial charge in [-0.3, -0.25) is 9.52 Å². The molecule has 0 spiro atoms. The number of carbonyl (C=O) groups is 1. The summed E-state index contributed by atoms with van der Waals surface area (Å²) >= 11 is 0. The van der Waals surface area contributed by atoms with Crippen LogP contribution in [0.3, 0.4) is 0 Å². The highest BCUT2D eigenvalue weighted by Crippen LogP contribution is 2.24. The second-order valence-corrected chi connectivity index (χ2v) is 9.25. The number of anilines is 1. The molecule has 174 valence electrons. The normalized spacial score (nSPS) is 12.1. The molecule has 1 atom stereocenters. The van der Waals surface area contributed by atoms with Gasteiger partial charge >= 0.3 is 0 Å². The number of aryl methyl sites for hydroxylation is 1. The zero-order valence-corrected chi connectivity index (χ0v) is 19.5. The average Bonchev–Trinajstić information content (AvgIpc) is 3.28. The first-order chi connectivity index (χ1) is 16.4. The Morgan fingerprint density at radius 1 is 0.971 bits per heavy atom. The maximum Gasteiger partial charge on any atom is 0.261 e. The molecule has 1 amide bonds. The van der Waals surface area contributed by atoms with Gasteiger partial charge < -0.3 is 14.6 Å². The summed E-state index contributed by atoms with van der Waals surface area (Å²) < 4.78 is 34.6. The minimum absolute atomic E-state index is 0.161. The Labute approximate surface area is 198 Å². The molecular formula is C25H24N4O4S. The maximum absolute atomic E-state index is 13.1. The van der Waals surface area contributed by atoms with Crippen molar-refractivity contribution in [2.75, 3.05) is 11.8 Å². The lowest BCUT2D eigenvalue weighted by molar-refractivity contribution is 0.0941. The molecule has 0 bridgehead atoms. The number of benzene rings is 3. The molecule has 0 aliphatic rings. The summed E-state index contributed by atoms with van der Waals surface area (Å²) in [6, 6.07) is 21.2. The number of imidazole rings is 1. The second-order valence-electron chi connectivity index (χ2n) is 7.57. The van der Waals surface area contributed by atoms with E-state index < -0.39 is 16.1 Å². The third-order valence-electron chi connectivity index (χ3n) is 5.29. The summed E-state index contributed by atoms with van der Waals surface area (Å²) in [5.74, 6) is 1.06. The Kier molecular flexibility index (Phi) is 6.65. The molecule has 0 aliphatic heterocycles. The summed E-state index contributed by atoms with van der Waals surface area (Å²) in [5.41, 5.74) is 1.59. The zero-order chi connectivity index (χ0) is 24.1. The Morgan fingerprint density at radius 3 is 2.24 bits per heavy atom. The van der Waals surface area contributed by atoms with Crippen LogP contribution < -0.4 is 14.8 Å². The van der Waals surface area contributed by atoms with Crippen molar-refractivity contribution < 1.29 is 17.9 Å². The van der Waals surface area contributed by atoms with Crippen molar-refractivity contribution in [3.63, 3.8) is 0 Å². The maximum atomic E-state index is 13.1. The fourth-order valence-electron chi connectivity index (χ4n) is 3.47. The number of amides is 1. The van der Waals surface area contributed by atoms with E-state index in [2.05, 4.69) is 15.0 Å². The molecular weight excluding hydrogens is 452 g/mol. The SMILES string of the molecule is COc1ccc(C(NC(=O)c2ccc(NS(=O)(=O)c3ccccc3)cc2)c2nccn2C)cc1. The summed E-state index contributed by atoms with van der Waals surface area (Å²) in [5, 5.41) is 3.02. The summed E-state index contributed by atoms with van der Waals surface area (Å²) in [4.78, 5) is 17.6. The predicted molar refractivity (Wildman–Crippen MR) is 129 cm³/mol. The molecule has 0 fully saturated rings. The molecule has 1 unspecified atom stereocenters. The third-order valence-corrected chi connectivity index (χ3v) is 6.69. The molecule has 0 radical (unpaired) electrons. The van der Waals surface area contributed by atoms with Crippen LogP contribution in [0.15, 0.2) is 96.2 Å². The first-order valence-electron chi connectivity index (χ1n) is 10.5. The quantitative estimate of drug-likeness (QED) is 0.403. The van der Waals surface area contributed by atoms with Crippen molar-refractivity contribution in [3.8, 4) is 5.75 Å². The molecule has 9 heteroatoms. The van der Waals surface area contributed by atoms with Crippen LogP contribution in [-0.2, 0) is 17.1 Å². The van der Waals surface area contributed by atoms with Gasteiger partial charge in [0.15, 0.2) is 0 Å². The van der Waals surface area contributed by atoms with Gasteiger partial charge in [-0.15, -0.1) is 0 Å². The van der Waals surface area contributed by atoms with E-state index in [1.807, 2.05) is 42.1 Å². The molecule has 3 aromatic carbocycles. The van der Waals surface area contributed by atoms with Crippen LogP contribution in [0.2, 0.25) is 0 Å².